The largest absolute Gasteiger partial charge is 0.334 e. The van der Waals surface area contributed by atoms with E-state index in [4.69, 9.17) is 0 Å². The highest BCUT2D eigenvalue weighted by molar-refractivity contribution is 4.99. The maximum Gasteiger partial charge on any atom is 0.105 e. The van der Waals surface area contributed by atoms with Crippen molar-refractivity contribution >= 4 is 0 Å². The standard InChI is InChI=1S/C17H30N4/c1-3-16-13-19-17(7-5-4-6-8-17)14-21(16)12-11-20-10-9-18-15(20)2/h9-10,16,19H,3-8,11-14H2,1-2H3. The Labute approximate surface area is 128 Å². The van der Waals surface area contributed by atoms with Gasteiger partial charge in [-0.1, -0.05) is 26.2 Å². The van der Waals surface area contributed by atoms with Crippen LogP contribution in [0.3, 0.4) is 0 Å². The van der Waals surface area contributed by atoms with Crippen LogP contribution in [0.25, 0.3) is 0 Å². The Morgan fingerprint density at radius 3 is 2.76 bits per heavy atom. The molecule has 1 saturated heterocycles. The van der Waals surface area contributed by atoms with Crippen LogP contribution in [0.4, 0.5) is 0 Å². The predicted molar refractivity (Wildman–Crippen MR) is 86.4 cm³/mol. The normalized spacial score (nSPS) is 26.3. The molecule has 1 aromatic heterocycles. The van der Waals surface area contributed by atoms with E-state index in [-0.39, 0.29) is 0 Å². The number of nitrogens with zero attached hydrogens (tertiary/aromatic N) is 3. The van der Waals surface area contributed by atoms with Gasteiger partial charge in [-0.15, -0.1) is 0 Å². The Balaban J connectivity index is 1.63. The Morgan fingerprint density at radius 2 is 2.10 bits per heavy atom. The monoisotopic (exact) mass is 290 g/mol. The third-order valence-electron chi connectivity index (χ3n) is 5.57. The first-order valence-corrected chi connectivity index (χ1v) is 8.69. The van der Waals surface area contributed by atoms with Crippen molar-refractivity contribution in [1.29, 1.82) is 0 Å². The zero-order valence-electron chi connectivity index (χ0n) is 13.6. The molecule has 1 spiro atoms. The van der Waals surface area contributed by atoms with Crippen molar-refractivity contribution in [3.63, 3.8) is 0 Å². The van der Waals surface area contributed by atoms with Gasteiger partial charge in [0.05, 0.1) is 0 Å². The molecule has 118 valence electrons. The molecule has 0 aromatic carbocycles. The highest BCUT2D eigenvalue weighted by Gasteiger charge is 2.39. The van der Waals surface area contributed by atoms with Crippen molar-refractivity contribution in [3.8, 4) is 0 Å². The van der Waals surface area contributed by atoms with Gasteiger partial charge >= 0.3 is 0 Å². The summed E-state index contributed by atoms with van der Waals surface area (Å²) in [7, 11) is 0. The van der Waals surface area contributed by atoms with Crippen molar-refractivity contribution in [2.24, 2.45) is 0 Å². The second-order valence-electron chi connectivity index (χ2n) is 6.92. The van der Waals surface area contributed by atoms with Gasteiger partial charge in [-0.2, -0.15) is 0 Å². The molecular formula is C17H30N4. The molecule has 1 aromatic rings. The third-order valence-corrected chi connectivity index (χ3v) is 5.57. The fourth-order valence-electron chi connectivity index (χ4n) is 4.14. The number of aryl methyl sites for hydroxylation is 1. The molecule has 1 saturated carbocycles. The maximum atomic E-state index is 4.33. The van der Waals surface area contributed by atoms with Crippen molar-refractivity contribution in [1.82, 2.24) is 19.8 Å². The lowest BCUT2D eigenvalue weighted by Gasteiger charge is -2.49. The lowest BCUT2D eigenvalue weighted by atomic mass is 9.79. The Morgan fingerprint density at radius 1 is 1.29 bits per heavy atom. The summed E-state index contributed by atoms with van der Waals surface area (Å²) < 4.78 is 2.28. The topological polar surface area (TPSA) is 33.1 Å². The van der Waals surface area contributed by atoms with Gasteiger partial charge < -0.3 is 9.88 Å². The minimum atomic E-state index is 0.411. The zero-order valence-corrected chi connectivity index (χ0v) is 13.6. The summed E-state index contributed by atoms with van der Waals surface area (Å²) in [6.45, 7) is 9.04. The Kier molecular flexibility index (Phi) is 4.65. The summed E-state index contributed by atoms with van der Waals surface area (Å²) in [5.74, 6) is 1.13. The lowest BCUT2D eigenvalue weighted by Crippen LogP contribution is -2.64. The van der Waals surface area contributed by atoms with Crippen molar-refractivity contribution in [2.45, 2.75) is 70.5 Å². The first-order valence-electron chi connectivity index (χ1n) is 8.69. The van der Waals surface area contributed by atoms with Gasteiger partial charge in [0.1, 0.15) is 5.82 Å². The highest BCUT2D eigenvalue weighted by Crippen LogP contribution is 2.32. The molecular weight excluding hydrogens is 260 g/mol. The van der Waals surface area contributed by atoms with Crippen LogP contribution < -0.4 is 5.32 Å². The molecule has 0 radical (unpaired) electrons. The number of rotatable bonds is 4. The van der Waals surface area contributed by atoms with Gasteiger partial charge in [0, 0.05) is 50.2 Å². The third kappa shape index (κ3) is 3.32. The van der Waals surface area contributed by atoms with Gasteiger partial charge in [-0.05, 0) is 26.2 Å². The quantitative estimate of drug-likeness (QED) is 0.925. The van der Waals surface area contributed by atoms with Crippen LogP contribution in [0.15, 0.2) is 12.4 Å². The van der Waals surface area contributed by atoms with Crippen LogP contribution in [0.5, 0.6) is 0 Å². The number of imidazole rings is 1. The molecule has 4 nitrogen and oxygen atoms in total. The number of hydrogen-bond acceptors (Lipinski definition) is 3. The summed E-state index contributed by atoms with van der Waals surface area (Å²) in [4.78, 5) is 7.07. The lowest BCUT2D eigenvalue weighted by molar-refractivity contribution is 0.0515. The average molecular weight is 290 g/mol. The summed E-state index contributed by atoms with van der Waals surface area (Å²) in [6.07, 6.45) is 12.2. The minimum absolute atomic E-state index is 0.411. The number of piperazine rings is 1. The Hall–Kier alpha value is -0.870. The molecule has 0 amide bonds. The van der Waals surface area contributed by atoms with Crippen molar-refractivity contribution in [3.05, 3.63) is 18.2 Å². The first kappa shape index (κ1) is 15.0. The highest BCUT2D eigenvalue weighted by atomic mass is 15.3. The average Bonchev–Trinajstić information content (AvgIpc) is 2.91. The second-order valence-corrected chi connectivity index (χ2v) is 6.92. The first-order chi connectivity index (χ1) is 10.2. The molecule has 0 bridgehead atoms. The minimum Gasteiger partial charge on any atom is -0.334 e. The van der Waals surface area contributed by atoms with E-state index in [0.29, 0.717) is 11.6 Å². The van der Waals surface area contributed by atoms with Crippen molar-refractivity contribution in [2.75, 3.05) is 19.6 Å². The van der Waals surface area contributed by atoms with E-state index in [1.165, 1.54) is 51.6 Å². The number of hydrogen-bond donors (Lipinski definition) is 1. The van der Waals surface area contributed by atoms with E-state index in [0.717, 1.165) is 18.9 Å². The molecule has 1 aliphatic heterocycles. The molecule has 1 N–H and O–H groups in total. The van der Waals surface area contributed by atoms with E-state index in [1.807, 2.05) is 6.20 Å². The molecule has 1 unspecified atom stereocenters. The number of nitrogens with one attached hydrogen (secondary N) is 1. The van der Waals surface area contributed by atoms with Gasteiger partial charge in [-0.25, -0.2) is 4.98 Å². The summed E-state index contributed by atoms with van der Waals surface area (Å²) in [6, 6.07) is 0.696. The summed E-state index contributed by atoms with van der Waals surface area (Å²) in [5.41, 5.74) is 0.411. The van der Waals surface area contributed by atoms with Crippen molar-refractivity contribution < 1.29 is 0 Å². The summed E-state index contributed by atoms with van der Waals surface area (Å²) in [5, 5.41) is 3.91. The summed E-state index contributed by atoms with van der Waals surface area (Å²) >= 11 is 0. The van der Waals surface area contributed by atoms with Crippen LogP contribution in [0.1, 0.15) is 51.3 Å². The van der Waals surface area contributed by atoms with E-state index < -0.39 is 0 Å². The van der Waals surface area contributed by atoms with E-state index >= 15 is 0 Å². The zero-order chi connectivity index (χ0) is 14.7. The Bertz CT molecular complexity index is 447. The van der Waals surface area contributed by atoms with Crippen LogP contribution in [0.2, 0.25) is 0 Å². The smallest absolute Gasteiger partial charge is 0.105 e. The van der Waals surface area contributed by atoms with Crippen LogP contribution in [-0.2, 0) is 6.54 Å². The molecule has 2 fully saturated rings. The van der Waals surface area contributed by atoms with Gasteiger partial charge in [0.2, 0.25) is 0 Å². The van der Waals surface area contributed by atoms with E-state index in [1.54, 1.807) is 0 Å². The van der Waals surface area contributed by atoms with Crippen LogP contribution in [-0.4, -0.2) is 45.7 Å². The second kappa shape index (κ2) is 6.49. The predicted octanol–water partition coefficient (Wildman–Crippen LogP) is 2.58. The molecule has 1 aliphatic carbocycles. The van der Waals surface area contributed by atoms with Gasteiger partial charge in [-0.3, -0.25) is 4.90 Å². The van der Waals surface area contributed by atoms with E-state index in [2.05, 4.69) is 39.8 Å². The molecule has 1 atom stereocenters. The molecule has 4 heteroatoms. The van der Waals surface area contributed by atoms with Gasteiger partial charge in [0.15, 0.2) is 0 Å². The fourth-order valence-corrected chi connectivity index (χ4v) is 4.14. The molecule has 3 rings (SSSR count). The molecule has 2 heterocycles. The molecule has 2 aliphatic rings. The fraction of sp³-hybridized carbons (Fsp3) is 0.824. The SMILES string of the molecule is CCC1CNC2(CCCCC2)CN1CCn1ccnc1C. The number of aromatic nitrogens is 2. The maximum absolute atomic E-state index is 4.33. The van der Waals surface area contributed by atoms with Crippen LogP contribution >= 0.6 is 0 Å². The van der Waals surface area contributed by atoms with Gasteiger partial charge in [0.25, 0.3) is 0 Å². The molecule has 21 heavy (non-hydrogen) atoms. The van der Waals surface area contributed by atoms with Crippen LogP contribution in [0, 0.1) is 6.92 Å². The van der Waals surface area contributed by atoms with E-state index in [9.17, 15) is 0 Å².